The molecule has 1 aromatic carbocycles. The number of anilines is 1. The molecule has 0 fully saturated rings. The average Bonchev–Trinajstić information content (AvgIpc) is 2.78. The molecule has 3 N–H and O–H groups in total. The minimum absolute atomic E-state index is 0.158. The van der Waals surface area contributed by atoms with Gasteiger partial charge in [0.1, 0.15) is 0 Å². The maximum absolute atomic E-state index is 11.4. The van der Waals surface area contributed by atoms with Gasteiger partial charge in [-0.25, -0.2) is 9.78 Å². The third-order valence-electron chi connectivity index (χ3n) is 2.09. The Hall–Kier alpha value is -1.75. The Morgan fingerprint density at radius 3 is 2.40 bits per heavy atom. The van der Waals surface area contributed by atoms with E-state index in [2.05, 4.69) is 10.3 Å². The Balaban J connectivity index is 0.000000347. The second-order valence-corrected chi connectivity index (χ2v) is 5.43. The number of hydrogen-bond acceptors (Lipinski definition) is 5. The van der Waals surface area contributed by atoms with E-state index >= 15 is 0 Å². The van der Waals surface area contributed by atoms with Crippen molar-refractivity contribution in [3.63, 3.8) is 0 Å². The van der Waals surface area contributed by atoms with Crippen LogP contribution in [0.15, 0.2) is 24.3 Å². The molecule has 0 atom stereocenters. The number of para-hydroxylation sites is 1. The standard InChI is InChI=1S/C10H11N3OS.H2O4S/c1-11-9(14)13(2)10-12-7-5-3-4-6-8(7)15-10;1-5(2,3)4/h3-6H,1-2H3,(H,11,14);(H2,1,2,3,4). The lowest BCUT2D eigenvalue weighted by atomic mass is 10.3. The van der Waals surface area contributed by atoms with Gasteiger partial charge in [0, 0.05) is 14.1 Å². The molecule has 0 aliphatic heterocycles. The molecule has 0 saturated carbocycles. The van der Waals surface area contributed by atoms with Gasteiger partial charge in [0.25, 0.3) is 0 Å². The smallest absolute Gasteiger partial charge is 0.341 e. The normalized spacial score (nSPS) is 10.6. The Labute approximate surface area is 119 Å². The van der Waals surface area contributed by atoms with E-state index in [9.17, 15) is 4.79 Å². The van der Waals surface area contributed by atoms with Gasteiger partial charge in [-0.2, -0.15) is 8.42 Å². The maximum atomic E-state index is 11.4. The van der Waals surface area contributed by atoms with E-state index in [0.717, 1.165) is 10.2 Å². The van der Waals surface area contributed by atoms with E-state index < -0.39 is 10.4 Å². The summed E-state index contributed by atoms with van der Waals surface area (Å²) in [5.41, 5.74) is 0.924. The summed E-state index contributed by atoms with van der Waals surface area (Å²) in [7, 11) is -1.36. The van der Waals surface area contributed by atoms with E-state index in [1.54, 1.807) is 14.1 Å². The molecule has 2 aromatic rings. The van der Waals surface area contributed by atoms with Crippen LogP contribution >= 0.6 is 11.3 Å². The van der Waals surface area contributed by atoms with E-state index in [4.69, 9.17) is 17.5 Å². The van der Waals surface area contributed by atoms with Crippen LogP contribution in [0.2, 0.25) is 0 Å². The van der Waals surface area contributed by atoms with Crippen molar-refractivity contribution in [2.24, 2.45) is 0 Å². The van der Waals surface area contributed by atoms with Gasteiger partial charge in [0.15, 0.2) is 5.13 Å². The topological polar surface area (TPSA) is 120 Å². The molecule has 0 bridgehead atoms. The largest absolute Gasteiger partial charge is 0.394 e. The summed E-state index contributed by atoms with van der Waals surface area (Å²) in [5, 5.41) is 3.27. The molecule has 2 amide bonds. The van der Waals surface area contributed by atoms with E-state index in [0.29, 0.717) is 5.13 Å². The molecule has 2 rings (SSSR count). The Morgan fingerprint density at radius 1 is 1.35 bits per heavy atom. The van der Waals surface area contributed by atoms with Crippen molar-refractivity contribution in [2.45, 2.75) is 0 Å². The molecule has 0 aliphatic rings. The number of thiazole rings is 1. The first-order valence-electron chi connectivity index (χ1n) is 5.23. The summed E-state index contributed by atoms with van der Waals surface area (Å²) in [6.07, 6.45) is 0. The number of urea groups is 1. The third-order valence-corrected chi connectivity index (χ3v) is 3.20. The van der Waals surface area contributed by atoms with Crippen molar-refractivity contribution < 1.29 is 22.3 Å². The molecular weight excluding hydrogens is 306 g/mol. The highest BCUT2D eigenvalue weighted by Crippen LogP contribution is 2.27. The number of hydrogen-bond donors (Lipinski definition) is 3. The van der Waals surface area contributed by atoms with Crippen LogP contribution < -0.4 is 10.2 Å². The summed E-state index contributed by atoms with van der Waals surface area (Å²) in [4.78, 5) is 17.2. The Bertz CT molecular complexity index is 657. The lowest BCUT2D eigenvalue weighted by Crippen LogP contribution is -2.34. The molecule has 110 valence electrons. The van der Waals surface area contributed by atoms with Crippen molar-refractivity contribution in [1.82, 2.24) is 10.3 Å². The summed E-state index contributed by atoms with van der Waals surface area (Å²) in [6.45, 7) is 0. The quantitative estimate of drug-likeness (QED) is 0.684. The van der Waals surface area contributed by atoms with Gasteiger partial charge >= 0.3 is 16.4 Å². The molecule has 0 saturated heterocycles. The van der Waals surface area contributed by atoms with Crippen LogP contribution in [0.4, 0.5) is 9.93 Å². The molecule has 0 aliphatic carbocycles. The second kappa shape index (κ2) is 6.61. The molecular formula is C10H13N3O5S2. The molecule has 0 unspecified atom stereocenters. The highest BCUT2D eigenvalue weighted by molar-refractivity contribution is 7.79. The summed E-state index contributed by atoms with van der Waals surface area (Å²) in [5.74, 6) is 0. The van der Waals surface area contributed by atoms with Gasteiger partial charge in [0.05, 0.1) is 10.2 Å². The second-order valence-electron chi connectivity index (χ2n) is 3.53. The Kier molecular flexibility index (Phi) is 5.39. The number of nitrogens with zero attached hydrogens (tertiary/aromatic N) is 2. The predicted molar refractivity (Wildman–Crippen MR) is 76.7 cm³/mol. The van der Waals surface area contributed by atoms with Gasteiger partial charge in [0.2, 0.25) is 0 Å². The number of rotatable bonds is 1. The third kappa shape index (κ3) is 5.09. The first-order valence-corrected chi connectivity index (χ1v) is 7.44. The number of aromatic nitrogens is 1. The highest BCUT2D eigenvalue weighted by atomic mass is 32.3. The van der Waals surface area contributed by atoms with Crippen molar-refractivity contribution in [1.29, 1.82) is 0 Å². The zero-order valence-corrected chi connectivity index (χ0v) is 12.3. The minimum Gasteiger partial charge on any atom is -0.341 e. The fourth-order valence-electron chi connectivity index (χ4n) is 1.26. The zero-order valence-electron chi connectivity index (χ0n) is 10.6. The monoisotopic (exact) mass is 319 g/mol. The van der Waals surface area contributed by atoms with Crippen molar-refractivity contribution in [3.8, 4) is 0 Å². The molecule has 20 heavy (non-hydrogen) atoms. The fraction of sp³-hybridized carbons (Fsp3) is 0.200. The van der Waals surface area contributed by atoms with Gasteiger partial charge < -0.3 is 5.32 Å². The average molecular weight is 319 g/mol. The molecule has 8 nitrogen and oxygen atoms in total. The van der Waals surface area contributed by atoms with Crippen molar-refractivity contribution in [3.05, 3.63) is 24.3 Å². The number of benzene rings is 1. The first kappa shape index (κ1) is 16.3. The molecule has 1 aromatic heterocycles. The predicted octanol–water partition coefficient (Wildman–Crippen LogP) is 1.42. The summed E-state index contributed by atoms with van der Waals surface area (Å²) in [6, 6.07) is 7.67. The van der Waals surface area contributed by atoms with Crippen LogP contribution in [-0.2, 0) is 10.4 Å². The number of carbonyl (C=O) groups excluding carboxylic acids is 1. The van der Waals surface area contributed by atoms with Crippen LogP contribution in [0.5, 0.6) is 0 Å². The number of nitrogens with one attached hydrogen (secondary N) is 1. The van der Waals surface area contributed by atoms with Gasteiger partial charge in [-0.05, 0) is 12.1 Å². The van der Waals surface area contributed by atoms with Gasteiger partial charge in [-0.1, -0.05) is 23.5 Å². The lowest BCUT2D eigenvalue weighted by Gasteiger charge is -2.11. The summed E-state index contributed by atoms with van der Waals surface area (Å²) < 4.78 is 32.7. The van der Waals surface area contributed by atoms with Gasteiger partial charge in [-0.15, -0.1) is 0 Å². The van der Waals surface area contributed by atoms with Gasteiger partial charge in [-0.3, -0.25) is 14.0 Å². The maximum Gasteiger partial charge on any atom is 0.394 e. The lowest BCUT2D eigenvalue weighted by molar-refractivity contribution is 0.249. The van der Waals surface area contributed by atoms with Crippen LogP contribution in [0.25, 0.3) is 10.2 Å². The van der Waals surface area contributed by atoms with Crippen molar-refractivity contribution in [2.75, 3.05) is 19.0 Å². The number of carbonyl (C=O) groups is 1. The van der Waals surface area contributed by atoms with E-state index in [1.165, 1.54) is 16.2 Å². The SMILES string of the molecule is CNC(=O)N(C)c1nc2ccccc2s1.O=S(=O)(O)O. The first-order chi connectivity index (χ1) is 9.22. The van der Waals surface area contributed by atoms with E-state index in [1.807, 2.05) is 24.3 Å². The van der Waals surface area contributed by atoms with Crippen LogP contribution in [0.1, 0.15) is 0 Å². The van der Waals surface area contributed by atoms with Crippen LogP contribution in [0, 0.1) is 0 Å². The fourth-order valence-corrected chi connectivity index (χ4v) is 2.18. The molecule has 1 heterocycles. The molecule has 10 heteroatoms. The number of fused-ring (bicyclic) bond motifs is 1. The van der Waals surface area contributed by atoms with Crippen LogP contribution in [0.3, 0.4) is 0 Å². The molecule has 0 radical (unpaired) electrons. The van der Waals surface area contributed by atoms with E-state index in [-0.39, 0.29) is 6.03 Å². The van der Waals surface area contributed by atoms with Crippen molar-refractivity contribution >= 4 is 43.1 Å². The minimum atomic E-state index is -4.67. The molecule has 0 spiro atoms. The summed E-state index contributed by atoms with van der Waals surface area (Å²) >= 11 is 1.50. The highest BCUT2D eigenvalue weighted by Gasteiger charge is 2.12. The Morgan fingerprint density at radius 2 is 1.90 bits per heavy atom. The zero-order chi connectivity index (χ0) is 15.3. The number of amides is 2. The van der Waals surface area contributed by atoms with Crippen LogP contribution in [-0.4, -0.2) is 42.6 Å².